The zero-order valence-corrected chi connectivity index (χ0v) is 20.1. The van der Waals surface area contributed by atoms with Gasteiger partial charge in [0.25, 0.3) is 0 Å². The van der Waals surface area contributed by atoms with Gasteiger partial charge in [-0.2, -0.15) is 0 Å². The Morgan fingerprint density at radius 2 is 1.76 bits per heavy atom. The summed E-state index contributed by atoms with van der Waals surface area (Å²) in [5, 5.41) is 13.4. The van der Waals surface area contributed by atoms with Gasteiger partial charge in [0, 0.05) is 48.8 Å². The number of hydrogen-bond donors (Lipinski definition) is 2. The van der Waals surface area contributed by atoms with Gasteiger partial charge in [-0.1, -0.05) is 30.3 Å². The smallest absolute Gasteiger partial charge is 0.337 e. The lowest BCUT2D eigenvalue weighted by molar-refractivity contribution is 0.0694. The Hall–Kier alpha value is -3.25. The van der Waals surface area contributed by atoms with Gasteiger partial charge in [0.1, 0.15) is 5.75 Å². The molecule has 6 heteroatoms. The van der Waals surface area contributed by atoms with E-state index in [-0.39, 0.29) is 0 Å². The Morgan fingerprint density at radius 3 is 2.36 bits per heavy atom. The van der Waals surface area contributed by atoms with Gasteiger partial charge in [-0.3, -0.25) is 0 Å². The third-order valence-electron chi connectivity index (χ3n) is 6.21. The highest BCUT2D eigenvalue weighted by atomic mass is 16.5. The van der Waals surface area contributed by atoms with Crippen molar-refractivity contribution in [1.82, 2.24) is 9.88 Å². The van der Waals surface area contributed by atoms with Crippen LogP contribution in [0.5, 0.6) is 5.75 Å². The lowest BCUT2D eigenvalue weighted by atomic mass is 10.1. The molecule has 2 N–H and O–H groups in total. The maximum Gasteiger partial charge on any atom is 0.337 e. The summed E-state index contributed by atoms with van der Waals surface area (Å²) in [7, 11) is 1.65. The molecule has 0 unspecified atom stereocenters. The fourth-order valence-electron chi connectivity index (χ4n) is 4.32. The average molecular weight is 450 g/mol. The van der Waals surface area contributed by atoms with E-state index in [2.05, 4.69) is 46.0 Å². The lowest BCUT2D eigenvalue weighted by Crippen LogP contribution is -2.27. The summed E-state index contributed by atoms with van der Waals surface area (Å²) in [6.45, 7) is 9.97. The quantitative estimate of drug-likeness (QED) is 0.386. The van der Waals surface area contributed by atoms with Gasteiger partial charge < -0.3 is 24.6 Å². The Kier molecular flexibility index (Phi) is 8.55. The summed E-state index contributed by atoms with van der Waals surface area (Å²) in [5.41, 5.74) is 5.39. The molecule has 0 aliphatic rings. The van der Waals surface area contributed by atoms with Gasteiger partial charge in [0.15, 0.2) is 0 Å². The highest BCUT2D eigenvalue weighted by molar-refractivity contribution is 5.91. The number of benzene rings is 2. The second kappa shape index (κ2) is 11.6. The second-order valence-corrected chi connectivity index (χ2v) is 8.21. The van der Waals surface area contributed by atoms with E-state index in [9.17, 15) is 9.90 Å². The predicted molar refractivity (Wildman–Crippen MR) is 134 cm³/mol. The average Bonchev–Trinajstić information content (AvgIpc) is 3.06. The first-order valence-electron chi connectivity index (χ1n) is 11.5. The van der Waals surface area contributed by atoms with Gasteiger partial charge in [-0.05, 0) is 63.6 Å². The fourth-order valence-corrected chi connectivity index (χ4v) is 4.32. The molecule has 0 aliphatic carbocycles. The highest BCUT2D eigenvalue weighted by Gasteiger charge is 2.22. The summed E-state index contributed by atoms with van der Waals surface area (Å²) in [6.07, 6.45) is 0.982. The van der Waals surface area contributed by atoms with E-state index in [1.807, 2.05) is 44.2 Å². The van der Waals surface area contributed by atoms with Crippen LogP contribution in [0.15, 0.2) is 54.6 Å². The molecule has 0 radical (unpaired) electrons. The largest absolute Gasteiger partial charge is 0.497 e. The minimum Gasteiger partial charge on any atom is -0.497 e. The molecule has 0 saturated heterocycles. The third kappa shape index (κ3) is 5.96. The normalized spacial score (nSPS) is 10.9. The molecule has 0 aliphatic heterocycles. The van der Waals surface area contributed by atoms with Gasteiger partial charge in [0.05, 0.1) is 12.7 Å². The Labute approximate surface area is 196 Å². The number of nitrogens with one attached hydrogen (secondary N) is 1. The molecule has 0 fully saturated rings. The van der Waals surface area contributed by atoms with Crippen LogP contribution in [-0.2, 0) is 13.1 Å². The van der Waals surface area contributed by atoms with Crippen LogP contribution in [0.25, 0.3) is 0 Å². The minimum atomic E-state index is -0.873. The summed E-state index contributed by atoms with van der Waals surface area (Å²) >= 11 is 0. The number of nitrogens with zero attached hydrogens (tertiary/aromatic N) is 2. The number of carboxylic acid groups (broad SMARTS) is 1. The number of rotatable bonds is 12. The van der Waals surface area contributed by atoms with Crippen molar-refractivity contribution in [3.05, 3.63) is 82.7 Å². The van der Waals surface area contributed by atoms with Crippen molar-refractivity contribution >= 4 is 11.7 Å². The number of para-hydroxylation sites is 1. The molecular formula is C27H35N3O3. The number of aromatic nitrogens is 1. The molecule has 33 heavy (non-hydrogen) atoms. The Morgan fingerprint density at radius 1 is 1.06 bits per heavy atom. The van der Waals surface area contributed by atoms with Crippen molar-refractivity contribution in [2.45, 2.75) is 40.3 Å². The van der Waals surface area contributed by atoms with E-state index in [4.69, 9.17) is 4.74 Å². The number of carbonyl (C=O) groups is 1. The monoisotopic (exact) mass is 449 g/mol. The molecule has 0 spiro atoms. The van der Waals surface area contributed by atoms with E-state index < -0.39 is 5.97 Å². The van der Waals surface area contributed by atoms with Gasteiger partial charge in [-0.15, -0.1) is 0 Å². The van der Waals surface area contributed by atoms with Crippen molar-refractivity contribution in [3.8, 4) is 5.75 Å². The third-order valence-corrected chi connectivity index (χ3v) is 6.21. The predicted octanol–water partition coefficient (Wildman–Crippen LogP) is 4.87. The summed E-state index contributed by atoms with van der Waals surface area (Å²) in [5.74, 6) is -0.0631. The standard InChI is InChI=1S/C27H35N3O3/c1-5-29(23-10-7-6-8-11-23)17-9-16-28-18-25-20(2)30(21(3)26(25)27(31)32)19-22-12-14-24(33-4)15-13-22/h6-8,10-15,28H,5,9,16-19H2,1-4H3,(H,31,32). The van der Waals surface area contributed by atoms with Gasteiger partial charge in [0.2, 0.25) is 0 Å². The Bertz CT molecular complexity index is 1040. The van der Waals surface area contributed by atoms with E-state index in [1.165, 1.54) is 5.69 Å². The maximum atomic E-state index is 12.1. The number of carboxylic acids is 1. The Balaban J connectivity index is 1.64. The number of hydrogen-bond acceptors (Lipinski definition) is 4. The summed E-state index contributed by atoms with van der Waals surface area (Å²) < 4.78 is 7.33. The zero-order valence-electron chi connectivity index (χ0n) is 20.1. The molecule has 0 amide bonds. The van der Waals surface area contributed by atoms with Crippen molar-refractivity contribution in [3.63, 3.8) is 0 Å². The molecule has 3 rings (SSSR count). The van der Waals surface area contributed by atoms with Crippen LogP contribution in [0.2, 0.25) is 0 Å². The molecule has 6 nitrogen and oxygen atoms in total. The highest BCUT2D eigenvalue weighted by Crippen LogP contribution is 2.24. The van der Waals surface area contributed by atoms with Crippen molar-refractivity contribution < 1.29 is 14.6 Å². The van der Waals surface area contributed by atoms with Crippen LogP contribution in [-0.4, -0.2) is 42.4 Å². The summed E-state index contributed by atoms with van der Waals surface area (Å²) in [4.78, 5) is 14.4. The minimum absolute atomic E-state index is 0.410. The fraction of sp³-hybridized carbons (Fsp3) is 0.370. The van der Waals surface area contributed by atoms with Crippen LogP contribution in [0.3, 0.4) is 0 Å². The van der Waals surface area contributed by atoms with E-state index in [1.54, 1.807) is 7.11 Å². The number of anilines is 1. The first-order valence-corrected chi connectivity index (χ1v) is 11.5. The van der Waals surface area contributed by atoms with Crippen LogP contribution in [0.1, 0.15) is 46.2 Å². The van der Waals surface area contributed by atoms with E-state index in [0.29, 0.717) is 18.7 Å². The molecule has 0 atom stereocenters. The molecule has 176 valence electrons. The molecule has 3 aromatic rings. The van der Waals surface area contributed by atoms with Crippen LogP contribution in [0, 0.1) is 13.8 Å². The number of aromatic carboxylic acids is 1. The van der Waals surface area contributed by atoms with Crippen LogP contribution in [0.4, 0.5) is 5.69 Å². The van der Waals surface area contributed by atoms with E-state index in [0.717, 1.165) is 54.3 Å². The van der Waals surface area contributed by atoms with Crippen LogP contribution >= 0.6 is 0 Å². The van der Waals surface area contributed by atoms with E-state index >= 15 is 0 Å². The molecule has 2 aromatic carbocycles. The SMILES string of the molecule is CCN(CCCNCc1c(C(=O)O)c(C)n(Cc2ccc(OC)cc2)c1C)c1ccccc1. The van der Waals surface area contributed by atoms with Gasteiger partial charge in [-0.25, -0.2) is 4.79 Å². The lowest BCUT2D eigenvalue weighted by Gasteiger charge is -2.23. The maximum absolute atomic E-state index is 12.1. The molecule has 0 saturated carbocycles. The zero-order chi connectivity index (χ0) is 23.8. The molecule has 1 aromatic heterocycles. The van der Waals surface area contributed by atoms with Crippen molar-refractivity contribution in [1.29, 1.82) is 0 Å². The first kappa shape index (κ1) is 24.4. The molecular weight excluding hydrogens is 414 g/mol. The summed E-state index contributed by atoms with van der Waals surface area (Å²) in [6, 6.07) is 18.3. The topological polar surface area (TPSA) is 66.7 Å². The van der Waals surface area contributed by atoms with Crippen LogP contribution < -0.4 is 15.0 Å². The molecule has 0 bridgehead atoms. The molecule has 1 heterocycles. The number of ether oxygens (including phenoxy) is 1. The number of methoxy groups -OCH3 is 1. The van der Waals surface area contributed by atoms with Gasteiger partial charge >= 0.3 is 5.97 Å². The first-order chi connectivity index (χ1) is 16.0. The van der Waals surface area contributed by atoms with Crippen molar-refractivity contribution in [2.75, 3.05) is 31.6 Å². The second-order valence-electron chi connectivity index (χ2n) is 8.21. The van der Waals surface area contributed by atoms with Crippen molar-refractivity contribution in [2.24, 2.45) is 0 Å².